The average molecular weight is 485 g/mol. The zero-order chi connectivity index (χ0) is 24.8. The lowest BCUT2D eigenvalue weighted by molar-refractivity contribution is -0.127. The fourth-order valence-corrected chi connectivity index (χ4v) is 4.33. The Morgan fingerprint density at radius 2 is 1.71 bits per heavy atom. The Kier molecular flexibility index (Phi) is 8.05. The second kappa shape index (κ2) is 11.4. The number of aliphatic hydroxyl groups is 1. The van der Waals surface area contributed by atoms with Gasteiger partial charge in [-0.25, -0.2) is 4.39 Å². The van der Waals surface area contributed by atoms with Crippen LogP contribution in [0, 0.1) is 5.82 Å². The molecule has 1 aliphatic heterocycles. The molecule has 5 nitrogen and oxygen atoms in total. The van der Waals surface area contributed by atoms with Gasteiger partial charge in [-0.3, -0.25) is 9.69 Å². The summed E-state index contributed by atoms with van der Waals surface area (Å²) in [6, 6.07) is 19.4. The molecule has 8 heteroatoms. The van der Waals surface area contributed by atoms with Crippen LogP contribution in [0.25, 0.3) is 0 Å². The number of amides is 1. The van der Waals surface area contributed by atoms with Crippen LogP contribution in [0.3, 0.4) is 0 Å². The third-order valence-corrected chi connectivity index (χ3v) is 6.17. The van der Waals surface area contributed by atoms with Crippen molar-refractivity contribution in [1.82, 2.24) is 10.2 Å². The molecule has 0 bridgehead atoms. The number of carbonyl (C=O) groups is 1. The number of halogens is 3. The molecular weight excluding hydrogens is 457 g/mol. The van der Waals surface area contributed by atoms with Crippen molar-refractivity contribution in [2.45, 2.75) is 38.1 Å². The molecule has 0 saturated carbocycles. The molecule has 2 atom stereocenters. The van der Waals surface area contributed by atoms with Gasteiger partial charge in [-0.15, -0.1) is 0 Å². The molecule has 35 heavy (non-hydrogen) atoms. The summed E-state index contributed by atoms with van der Waals surface area (Å²) in [7, 11) is 0. The molecule has 0 radical (unpaired) electrons. The van der Waals surface area contributed by atoms with Crippen molar-refractivity contribution in [3.8, 4) is 5.75 Å². The van der Waals surface area contributed by atoms with E-state index in [2.05, 4.69) is 10.1 Å². The first-order chi connectivity index (χ1) is 16.9. The highest BCUT2D eigenvalue weighted by atomic mass is 19.3. The van der Waals surface area contributed by atoms with Gasteiger partial charge in [0, 0.05) is 19.6 Å². The number of β-amino-alcohol motifs (C(OH)–C–C–N with tert-alkyl or cyclic N) is 1. The number of carbonyl (C=O) groups excluding carboxylic acids is 1. The molecule has 2 unspecified atom stereocenters. The molecule has 2 N–H and O–H groups in total. The summed E-state index contributed by atoms with van der Waals surface area (Å²) in [6.45, 7) is -1.82. The minimum absolute atomic E-state index is 0.0151. The van der Waals surface area contributed by atoms with Crippen LogP contribution in [0.4, 0.5) is 13.2 Å². The predicted molar refractivity (Wildman–Crippen MR) is 125 cm³/mol. The number of benzene rings is 3. The highest BCUT2D eigenvalue weighted by Crippen LogP contribution is 2.27. The summed E-state index contributed by atoms with van der Waals surface area (Å²) in [5, 5.41) is 13.8. The quantitative estimate of drug-likeness (QED) is 0.477. The third kappa shape index (κ3) is 6.61. The first-order valence-corrected chi connectivity index (χ1v) is 11.4. The largest absolute Gasteiger partial charge is 0.435 e. The van der Waals surface area contributed by atoms with E-state index >= 15 is 0 Å². The van der Waals surface area contributed by atoms with Gasteiger partial charge in [0.05, 0.1) is 12.1 Å². The van der Waals surface area contributed by atoms with Crippen LogP contribution in [-0.2, 0) is 24.2 Å². The summed E-state index contributed by atoms with van der Waals surface area (Å²) in [5.74, 6) is -0.431. The zero-order valence-corrected chi connectivity index (χ0v) is 19.0. The SMILES string of the molecule is O=C(NCCc1ccc(F)cc1)C1Cc2ccccc2CN1CC(O)c1ccc(OC(F)F)cc1. The molecule has 1 heterocycles. The van der Waals surface area contributed by atoms with Gasteiger partial charge < -0.3 is 15.2 Å². The number of aliphatic hydroxyl groups excluding tert-OH is 1. The number of ether oxygens (including phenoxy) is 1. The van der Waals surface area contributed by atoms with Gasteiger partial charge in [0.2, 0.25) is 5.91 Å². The standard InChI is InChI=1S/C27H27F3N2O3/c28-22-9-5-18(6-10-22)13-14-31-26(34)24-15-20-3-1-2-4-21(20)16-32(24)17-25(33)19-7-11-23(12-8-19)35-27(29)30/h1-12,24-25,27,33H,13-17H2,(H,31,34). The van der Waals surface area contributed by atoms with E-state index in [1.54, 1.807) is 12.1 Å². The normalized spacial score (nSPS) is 16.5. The molecule has 1 amide bonds. The van der Waals surface area contributed by atoms with Gasteiger partial charge in [0.25, 0.3) is 0 Å². The van der Waals surface area contributed by atoms with Crippen LogP contribution >= 0.6 is 0 Å². The number of rotatable bonds is 9. The smallest absolute Gasteiger partial charge is 0.387 e. The Morgan fingerprint density at radius 3 is 2.40 bits per heavy atom. The van der Waals surface area contributed by atoms with Crippen molar-refractivity contribution in [2.24, 2.45) is 0 Å². The fourth-order valence-electron chi connectivity index (χ4n) is 4.33. The molecule has 3 aromatic rings. The van der Waals surface area contributed by atoms with Crippen molar-refractivity contribution in [3.05, 3.63) is 101 Å². The van der Waals surface area contributed by atoms with E-state index in [1.807, 2.05) is 29.2 Å². The van der Waals surface area contributed by atoms with Gasteiger partial charge in [0.1, 0.15) is 11.6 Å². The average Bonchev–Trinajstić information content (AvgIpc) is 2.85. The van der Waals surface area contributed by atoms with Gasteiger partial charge in [-0.2, -0.15) is 8.78 Å². The Morgan fingerprint density at radius 1 is 1.03 bits per heavy atom. The van der Waals surface area contributed by atoms with Gasteiger partial charge in [-0.05, 0) is 59.4 Å². The highest BCUT2D eigenvalue weighted by Gasteiger charge is 2.32. The molecule has 4 rings (SSSR count). The van der Waals surface area contributed by atoms with Crippen molar-refractivity contribution < 1.29 is 27.8 Å². The monoisotopic (exact) mass is 484 g/mol. The van der Waals surface area contributed by atoms with Crippen molar-refractivity contribution in [1.29, 1.82) is 0 Å². The summed E-state index contributed by atoms with van der Waals surface area (Å²) in [4.78, 5) is 15.1. The first kappa shape index (κ1) is 24.8. The summed E-state index contributed by atoms with van der Waals surface area (Å²) >= 11 is 0. The number of nitrogens with zero attached hydrogens (tertiary/aromatic N) is 1. The number of nitrogens with one attached hydrogen (secondary N) is 1. The minimum Gasteiger partial charge on any atom is -0.435 e. The highest BCUT2D eigenvalue weighted by molar-refractivity contribution is 5.82. The molecule has 0 aliphatic carbocycles. The maximum atomic E-state index is 13.1. The van der Waals surface area contributed by atoms with E-state index in [-0.39, 0.29) is 24.0 Å². The van der Waals surface area contributed by atoms with E-state index in [9.17, 15) is 23.1 Å². The molecule has 3 aromatic carbocycles. The van der Waals surface area contributed by atoms with E-state index in [4.69, 9.17) is 0 Å². The van der Waals surface area contributed by atoms with Crippen molar-refractivity contribution in [3.63, 3.8) is 0 Å². The lowest BCUT2D eigenvalue weighted by Gasteiger charge is -2.37. The zero-order valence-electron chi connectivity index (χ0n) is 19.0. The van der Waals surface area contributed by atoms with Gasteiger partial charge in [0.15, 0.2) is 0 Å². The van der Waals surface area contributed by atoms with E-state index < -0.39 is 18.8 Å². The maximum absolute atomic E-state index is 13.1. The lowest BCUT2D eigenvalue weighted by Crippen LogP contribution is -2.51. The van der Waals surface area contributed by atoms with E-state index in [0.717, 1.165) is 16.7 Å². The van der Waals surface area contributed by atoms with E-state index in [1.165, 1.54) is 36.4 Å². The summed E-state index contributed by atoms with van der Waals surface area (Å²) < 4.78 is 42.3. The second-order valence-corrected chi connectivity index (χ2v) is 8.55. The van der Waals surface area contributed by atoms with Crippen LogP contribution in [0.1, 0.15) is 28.4 Å². The van der Waals surface area contributed by atoms with Crippen LogP contribution in [-0.4, -0.2) is 41.7 Å². The number of hydrogen-bond acceptors (Lipinski definition) is 4. The molecule has 0 aromatic heterocycles. The topological polar surface area (TPSA) is 61.8 Å². The Bertz CT molecular complexity index is 1120. The molecular formula is C27H27F3N2O3. The molecule has 0 spiro atoms. The molecule has 1 aliphatic rings. The second-order valence-electron chi connectivity index (χ2n) is 8.55. The molecule has 0 saturated heterocycles. The van der Waals surface area contributed by atoms with Crippen molar-refractivity contribution in [2.75, 3.05) is 13.1 Å². The van der Waals surface area contributed by atoms with Crippen LogP contribution in [0.15, 0.2) is 72.8 Å². The third-order valence-electron chi connectivity index (χ3n) is 6.17. The Labute approximate surface area is 202 Å². The predicted octanol–water partition coefficient (Wildman–Crippen LogP) is 4.25. The minimum atomic E-state index is -2.92. The fraction of sp³-hybridized carbons (Fsp3) is 0.296. The van der Waals surface area contributed by atoms with Gasteiger partial charge >= 0.3 is 6.61 Å². The Hall–Kier alpha value is -3.36. The summed E-state index contributed by atoms with van der Waals surface area (Å²) in [6.07, 6.45) is 0.160. The van der Waals surface area contributed by atoms with E-state index in [0.29, 0.717) is 31.5 Å². The molecule has 0 fully saturated rings. The maximum Gasteiger partial charge on any atom is 0.387 e. The number of alkyl halides is 2. The molecule has 184 valence electrons. The number of fused-ring (bicyclic) bond motifs is 1. The number of hydrogen-bond donors (Lipinski definition) is 2. The van der Waals surface area contributed by atoms with Crippen molar-refractivity contribution >= 4 is 5.91 Å². The first-order valence-electron chi connectivity index (χ1n) is 11.4. The summed E-state index contributed by atoms with van der Waals surface area (Å²) in [5.41, 5.74) is 3.65. The van der Waals surface area contributed by atoms with Gasteiger partial charge in [-0.1, -0.05) is 48.5 Å². The lowest BCUT2D eigenvalue weighted by atomic mass is 9.92. The Balaban J connectivity index is 1.43. The van der Waals surface area contributed by atoms with Crippen LogP contribution in [0.2, 0.25) is 0 Å². The van der Waals surface area contributed by atoms with Crippen LogP contribution in [0.5, 0.6) is 5.75 Å². The van der Waals surface area contributed by atoms with Crippen LogP contribution < -0.4 is 10.1 Å².